The Morgan fingerprint density at radius 1 is 1.44 bits per heavy atom. The van der Waals surface area contributed by atoms with Crippen LogP contribution < -0.4 is 10.2 Å². The number of nitrogens with zero attached hydrogens (tertiary/aromatic N) is 3. The van der Waals surface area contributed by atoms with E-state index in [1.807, 2.05) is 6.92 Å². The van der Waals surface area contributed by atoms with Crippen LogP contribution in [0.5, 0.6) is 0 Å². The predicted octanol–water partition coefficient (Wildman–Crippen LogP) is 2.53. The molecule has 0 aromatic carbocycles. The Balaban J connectivity index is 3.01. The van der Waals surface area contributed by atoms with E-state index in [0.717, 1.165) is 29.2 Å². The summed E-state index contributed by atoms with van der Waals surface area (Å²) in [4.78, 5) is 10.8. The maximum absolute atomic E-state index is 5.21. The fourth-order valence-corrected chi connectivity index (χ4v) is 2.43. The lowest BCUT2D eigenvalue weighted by Crippen LogP contribution is -2.37. The molecule has 1 aromatic rings. The van der Waals surface area contributed by atoms with E-state index in [0.29, 0.717) is 6.61 Å². The molecule has 1 rings (SSSR count). The number of rotatable bonds is 7. The quantitative estimate of drug-likeness (QED) is 0.837. The van der Waals surface area contributed by atoms with Crippen molar-refractivity contribution in [1.82, 2.24) is 9.97 Å². The van der Waals surface area contributed by atoms with Crippen LogP contribution in [-0.2, 0) is 4.74 Å². The van der Waals surface area contributed by atoms with Gasteiger partial charge in [-0.2, -0.15) is 0 Å². The van der Waals surface area contributed by atoms with Gasteiger partial charge >= 0.3 is 0 Å². The van der Waals surface area contributed by atoms with Crippen molar-refractivity contribution in [2.45, 2.75) is 26.8 Å². The minimum absolute atomic E-state index is 0.265. The third-order valence-corrected chi connectivity index (χ3v) is 3.40. The summed E-state index contributed by atoms with van der Waals surface area (Å²) in [6, 6.07) is 0.265. The molecule has 1 heterocycles. The van der Waals surface area contributed by atoms with E-state index in [1.54, 1.807) is 13.4 Å². The highest BCUT2D eigenvalue weighted by Crippen LogP contribution is 2.30. The molecule has 0 aliphatic rings. The smallest absolute Gasteiger partial charge is 0.148 e. The predicted molar refractivity (Wildman–Crippen MR) is 78.3 cm³/mol. The highest BCUT2D eigenvalue weighted by molar-refractivity contribution is 9.10. The molecule has 1 aromatic heterocycles. The summed E-state index contributed by atoms with van der Waals surface area (Å²) >= 11 is 3.57. The molecule has 6 heteroatoms. The number of halogens is 1. The fraction of sp³-hybridized carbons (Fsp3) is 0.667. The summed E-state index contributed by atoms with van der Waals surface area (Å²) in [5.41, 5.74) is 0. The van der Waals surface area contributed by atoms with Crippen LogP contribution >= 0.6 is 15.9 Å². The van der Waals surface area contributed by atoms with Gasteiger partial charge in [0.2, 0.25) is 0 Å². The second-order valence-electron chi connectivity index (χ2n) is 3.98. The topological polar surface area (TPSA) is 50.3 Å². The van der Waals surface area contributed by atoms with E-state index >= 15 is 0 Å². The Morgan fingerprint density at radius 3 is 2.72 bits per heavy atom. The molecule has 0 spiro atoms. The Labute approximate surface area is 117 Å². The highest BCUT2D eigenvalue weighted by atomic mass is 79.9. The first-order valence-corrected chi connectivity index (χ1v) is 6.94. The summed E-state index contributed by atoms with van der Waals surface area (Å²) in [7, 11) is 1.71. The normalized spacial score (nSPS) is 12.3. The minimum Gasteiger partial charge on any atom is -0.383 e. The van der Waals surface area contributed by atoms with Crippen LogP contribution in [0.1, 0.15) is 20.8 Å². The number of methoxy groups -OCH3 is 1. The molecule has 0 saturated carbocycles. The van der Waals surface area contributed by atoms with Crippen molar-refractivity contribution in [2.75, 3.05) is 37.0 Å². The van der Waals surface area contributed by atoms with Gasteiger partial charge in [-0.25, -0.2) is 9.97 Å². The number of likely N-dealkylation sites (N-methyl/N-ethyl adjacent to an activating group) is 1. The van der Waals surface area contributed by atoms with Crippen molar-refractivity contribution >= 4 is 27.6 Å². The average molecular weight is 317 g/mol. The number of nitrogens with one attached hydrogen (secondary N) is 1. The average Bonchev–Trinajstić information content (AvgIpc) is 2.35. The first-order valence-electron chi connectivity index (χ1n) is 6.15. The van der Waals surface area contributed by atoms with Gasteiger partial charge in [0.25, 0.3) is 0 Å². The van der Waals surface area contributed by atoms with Crippen molar-refractivity contribution in [3.05, 3.63) is 10.8 Å². The van der Waals surface area contributed by atoms with Gasteiger partial charge in [-0.05, 0) is 36.7 Å². The zero-order valence-electron chi connectivity index (χ0n) is 11.4. The molecule has 0 saturated heterocycles. The zero-order chi connectivity index (χ0) is 13.5. The molecule has 18 heavy (non-hydrogen) atoms. The third-order valence-electron chi connectivity index (χ3n) is 2.67. The van der Waals surface area contributed by atoms with Crippen molar-refractivity contribution in [1.29, 1.82) is 0 Å². The Hall–Kier alpha value is -0.880. The number of aromatic nitrogens is 2. The molecule has 1 atom stereocenters. The highest BCUT2D eigenvalue weighted by Gasteiger charge is 2.18. The molecule has 1 N–H and O–H groups in total. The van der Waals surface area contributed by atoms with Gasteiger partial charge in [0, 0.05) is 20.2 Å². The van der Waals surface area contributed by atoms with Gasteiger partial charge in [-0.1, -0.05) is 0 Å². The lowest BCUT2D eigenvalue weighted by atomic mass is 10.3. The maximum atomic E-state index is 5.21. The summed E-state index contributed by atoms with van der Waals surface area (Å²) in [5.74, 6) is 1.72. The van der Waals surface area contributed by atoms with Crippen molar-refractivity contribution in [3.63, 3.8) is 0 Å². The minimum atomic E-state index is 0.265. The summed E-state index contributed by atoms with van der Waals surface area (Å²) < 4.78 is 6.11. The van der Waals surface area contributed by atoms with Crippen molar-refractivity contribution in [3.8, 4) is 0 Å². The van der Waals surface area contributed by atoms with E-state index in [-0.39, 0.29) is 6.04 Å². The van der Waals surface area contributed by atoms with Crippen LogP contribution in [0.15, 0.2) is 10.8 Å². The SMILES string of the molecule is CCNc1ncnc(N(CC)C(C)COC)c1Br. The van der Waals surface area contributed by atoms with Crippen LogP contribution in [-0.4, -0.2) is 42.8 Å². The van der Waals surface area contributed by atoms with Gasteiger partial charge in [0.15, 0.2) is 0 Å². The number of hydrogen-bond acceptors (Lipinski definition) is 5. The second kappa shape index (κ2) is 7.53. The molecule has 0 aliphatic carbocycles. The molecule has 0 fully saturated rings. The molecule has 5 nitrogen and oxygen atoms in total. The summed E-state index contributed by atoms with van der Waals surface area (Å²) in [5, 5.41) is 3.21. The van der Waals surface area contributed by atoms with Gasteiger partial charge in [0.1, 0.15) is 22.4 Å². The molecular weight excluding hydrogens is 296 g/mol. The van der Waals surface area contributed by atoms with E-state index in [4.69, 9.17) is 4.74 Å². The van der Waals surface area contributed by atoms with E-state index in [2.05, 4.69) is 50.0 Å². The van der Waals surface area contributed by atoms with Gasteiger partial charge < -0.3 is 15.0 Å². The molecule has 0 radical (unpaired) electrons. The summed E-state index contributed by atoms with van der Waals surface area (Å²) in [6.45, 7) is 8.63. The lowest BCUT2D eigenvalue weighted by molar-refractivity contribution is 0.181. The van der Waals surface area contributed by atoms with Crippen LogP contribution in [0, 0.1) is 0 Å². The number of anilines is 2. The standard InChI is InChI=1S/C12H21BrN4O/c1-5-14-11-10(13)12(16-8-15-11)17(6-2)9(3)7-18-4/h8-9H,5-7H2,1-4H3,(H,14,15,16). The fourth-order valence-electron chi connectivity index (χ4n) is 1.85. The Bertz CT molecular complexity index is 375. The maximum Gasteiger partial charge on any atom is 0.148 e. The Morgan fingerprint density at radius 2 is 2.17 bits per heavy atom. The molecule has 1 unspecified atom stereocenters. The van der Waals surface area contributed by atoms with Gasteiger partial charge in [-0.15, -0.1) is 0 Å². The first kappa shape index (κ1) is 15.2. The van der Waals surface area contributed by atoms with Crippen LogP contribution in [0.4, 0.5) is 11.6 Å². The molecule has 0 bridgehead atoms. The second-order valence-corrected chi connectivity index (χ2v) is 4.77. The van der Waals surface area contributed by atoms with E-state index in [1.165, 1.54) is 0 Å². The summed E-state index contributed by atoms with van der Waals surface area (Å²) in [6.07, 6.45) is 1.58. The molecule has 0 aliphatic heterocycles. The number of hydrogen-bond donors (Lipinski definition) is 1. The number of ether oxygens (including phenoxy) is 1. The zero-order valence-corrected chi connectivity index (χ0v) is 13.0. The lowest BCUT2D eigenvalue weighted by Gasteiger charge is -2.29. The van der Waals surface area contributed by atoms with Crippen molar-refractivity contribution < 1.29 is 4.74 Å². The van der Waals surface area contributed by atoms with Crippen LogP contribution in [0.3, 0.4) is 0 Å². The van der Waals surface area contributed by atoms with Crippen LogP contribution in [0.2, 0.25) is 0 Å². The van der Waals surface area contributed by atoms with E-state index < -0.39 is 0 Å². The first-order chi connectivity index (χ1) is 8.65. The molecule has 0 amide bonds. The van der Waals surface area contributed by atoms with Gasteiger partial charge in [0.05, 0.1) is 12.6 Å². The van der Waals surface area contributed by atoms with E-state index in [9.17, 15) is 0 Å². The molecule has 102 valence electrons. The Kier molecular flexibility index (Phi) is 6.35. The van der Waals surface area contributed by atoms with Crippen LogP contribution in [0.25, 0.3) is 0 Å². The van der Waals surface area contributed by atoms with Gasteiger partial charge in [-0.3, -0.25) is 0 Å². The molecular formula is C12H21BrN4O. The van der Waals surface area contributed by atoms with Crippen molar-refractivity contribution in [2.24, 2.45) is 0 Å². The third kappa shape index (κ3) is 3.55. The monoisotopic (exact) mass is 316 g/mol. The largest absolute Gasteiger partial charge is 0.383 e.